The Kier molecular flexibility index (Phi) is 9.02. The van der Waals surface area contributed by atoms with E-state index in [9.17, 15) is 9.59 Å². The number of azo groups is 1. The summed E-state index contributed by atoms with van der Waals surface area (Å²) >= 11 is 0. The molecule has 4 amide bonds. The van der Waals surface area contributed by atoms with Crippen molar-refractivity contribution in [3.8, 4) is 0 Å². The summed E-state index contributed by atoms with van der Waals surface area (Å²) in [6, 6.07) is 0.315. The maximum atomic E-state index is 10.8. The molecule has 0 aromatic carbocycles. The van der Waals surface area contributed by atoms with Crippen molar-refractivity contribution >= 4 is 21.8 Å². The van der Waals surface area contributed by atoms with Gasteiger partial charge >= 0.3 is 12.1 Å². The van der Waals surface area contributed by atoms with Crippen LogP contribution in [-0.4, -0.2) is 66.4 Å². The van der Waals surface area contributed by atoms with Crippen molar-refractivity contribution in [2.24, 2.45) is 10.2 Å². The Morgan fingerprint density at radius 2 is 1.50 bits per heavy atom. The third kappa shape index (κ3) is 8.82. The first-order valence-corrected chi connectivity index (χ1v) is 7.45. The Bertz CT molecular complexity index is 257. The second kappa shape index (κ2) is 9.72. The minimum Gasteiger partial charge on any atom is -0.424 e. The van der Waals surface area contributed by atoms with Crippen LogP contribution >= 0.6 is 0 Å². The van der Waals surface area contributed by atoms with Crippen LogP contribution in [0, 0.1) is 0 Å². The molecule has 0 saturated carbocycles. The van der Waals surface area contributed by atoms with Crippen LogP contribution in [0.4, 0.5) is 9.59 Å². The molecule has 7 nitrogen and oxygen atoms in total. The fraction of sp³-hybridized carbons (Fsp3) is 0.800. The van der Waals surface area contributed by atoms with Crippen LogP contribution in [0.1, 0.15) is 12.8 Å². The van der Waals surface area contributed by atoms with E-state index >= 15 is 0 Å². The van der Waals surface area contributed by atoms with E-state index in [1.54, 1.807) is 0 Å². The van der Waals surface area contributed by atoms with E-state index in [1.807, 2.05) is 0 Å². The predicted molar refractivity (Wildman–Crippen MR) is 71.6 cm³/mol. The van der Waals surface area contributed by atoms with Gasteiger partial charge in [0.2, 0.25) is 0 Å². The number of hydrogen-bond donors (Lipinski definition) is 0. The van der Waals surface area contributed by atoms with Crippen LogP contribution in [0.15, 0.2) is 10.2 Å². The molecule has 1 rings (SSSR count). The van der Waals surface area contributed by atoms with Gasteiger partial charge in [-0.15, -0.1) is 0 Å². The molecule has 0 radical (unpaired) electrons. The van der Waals surface area contributed by atoms with Gasteiger partial charge in [-0.05, 0) is 12.5 Å². The molecule has 0 atom stereocenters. The number of urea groups is 2. The summed E-state index contributed by atoms with van der Waals surface area (Å²) in [7, 11) is 6.13. The van der Waals surface area contributed by atoms with Crippen molar-refractivity contribution in [2.45, 2.75) is 18.9 Å². The van der Waals surface area contributed by atoms with Gasteiger partial charge in [-0.1, -0.05) is 16.6 Å². The highest BCUT2D eigenvalue weighted by Gasteiger charge is 2.03. The Morgan fingerprint density at radius 3 is 1.67 bits per heavy atom. The average Bonchev–Trinajstić information content (AvgIpc) is 2.38. The molecule has 1 heterocycles. The molecule has 0 aromatic heterocycles. The van der Waals surface area contributed by atoms with Gasteiger partial charge in [0.05, 0.1) is 0 Å². The van der Waals surface area contributed by atoms with Gasteiger partial charge in [0, 0.05) is 34.8 Å². The van der Waals surface area contributed by atoms with Crippen LogP contribution in [0.2, 0.25) is 6.04 Å². The third-order valence-corrected chi connectivity index (χ3v) is 3.43. The van der Waals surface area contributed by atoms with Crippen LogP contribution in [0.5, 0.6) is 0 Å². The first-order chi connectivity index (χ1) is 8.45. The summed E-state index contributed by atoms with van der Waals surface area (Å²) in [5.74, 6) is 0. The number of hydrogen-bond acceptors (Lipinski definition) is 3. The van der Waals surface area contributed by atoms with Crippen molar-refractivity contribution in [1.29, 1.82) is 0 Å². The van der Waals surface area contributed by atoms with E-state index in [4.69, 9.17) is 4.43 Å². The molecular weight excluding hydrogens is 252 g/mol. The largest absolute Gasteiger partial charge is 0.424 e. The lowest BCUT2D eigenvalue weighted by Crippen LogP contribution is -2.20. The maximum absolute atomic E-state index is 10.8. The molecule has 1 saturated heterocycles. The van der Waals surface area contributed by atoms with Crippen molar-refractivity contribution in [2.75, 3.05) is 34.8 Å². The summed E-state index contributed by atoms with van der Waals surface area (Å²) in [6.07, 6.45) is 2.75. The number of carbonyl (C=O) groups is 2. The smallest absolute Gasteiger partial charge is 0.361 e. The molecule has 1 aliphatic rings. The van der Waals surface area contributed by atoms with E-state index in [-0.39, 0.29) is 9.76 Å². The number of amides is 4. The molecule has 0 N–H and O–H groups in total. The fourth-order valence-electron chi connectivity index (χ4n) is 0.952. The van der Waals surface area contributed by atoms with Crippen LogP contribution < -0.4 is 0 Å². The van der Waals surface area contributed by atoms with Gasteiger partial charge in [-0.2, -0.15) is 0 Å². The molecule has 8 heteroatoms. The minimum atomic E-state index is -0.551. The van der Waals surface area contributed by atoms with E-state index in [0.29, 0.717) is 0 Å². The summed E-state index contributed by atoms with van der Waals surface area (Å²) < 4.78 is 5.21. The second-order valence-electron chi connectivity index (χ2n) is 4.23. The summed E-state index contributed by atoms with van der Waals surface area (Å²) in [6.45, 7) is 1.06. The molecule has 0 bridgehead atoms. The van der Waals surface area contributed by atoms with Gasteiger partial charge in [0.1, 0.15) is 0 Å². The van der Waals surface area contributed by atoms with Crippen molar-refractivity contribution < 1.29 is 14.0 Å². The monoisotopic (exact) mass is 274 g/mol. The normalized spacial score (nSPS) is 16.0. The molecule has 1 fully saturated rings. The van der Waals surface area contributed by atoms with Crippen LogP contribution in [0.25, 0.3) is 0 Å². The number of carbonyl (C=O) groups excluding carboxylic acids is 2. The summed E-state index contributed by atoms with van der Waals surface area (Å²) in [5.41, 5.74) is 0. The maximum Gasteiger partial charge on any atom is 0.361 e. The first-order valence-electron chi connectivity index (χ1n) is 5.87. The molecule has 0 aromatic rings. The first kappa shape index (κ1) is 16.7. The lowest BCUT2D eigenvalue weighted by atomic mass is 10.4. The minimum absolute atomic E-state index is 0.00849. The molecule has 1 aliphatic heterocycles. The van der Waals surface area contributed by atoms with Crippen LogP contribution in [0.3, 0.4) is 0 Å². The highest BCUT2D eigenvalue weighted by molar-refractivity contribution is 6.27. The zero-order chi connectivity index (χ0) is 14.0. The lowest BCUT2D eigenvalue weighted by molar-refractivity contribution is 0.218. The predicted octanol–water partition coefficient (Wildman–Crippen LogP) is 1.10. The molecule has 0 unspecified atom stereocenters. The van der Waals surface area contributed by atoms with Crippen molar-refractivity contribution in [3.05, 3.63) is 0 Å². The number of rotatable bonds is 0. The lowest BCUT2D eigenvalue weighted by Gasteiger charge is -2.07. The highest BCUT2D eigenvalue weighted by Crippen LogP contribution is 2.01. The van der Waals surface area contributed by atoms with Gasteiger partial charge in [0.15, 0.2) is 9.76 Å². The van der Waals surface area contributed by atoms with E-state index in [2.05, 4.69) is 10.2 Å². The Labute approximate surface area is 110 Å². The van der Waals surface area contributed by atoms with Gasteiger partial charge in [0.25, 0.3) is 0 Å². The van der Waals surface area contributed by atoms with E-state index in [0.717, 1.165) is 6.61 Å². The summed E-state index contributed by atoms with van der Waals surface area (Å²) in [5, 5.41) is 6.33. The van der Waals surface area contributed by atoms with Crippen LogP contribution in [-0.2, 0) is 4.43 Å². The zero-order valence-corrected chi connectivity index (χ0v) is 13.0. The van der Waals surface area contributed by atoms with Gasteiger partial charge < -0.3 is 14.2 Å². The Morgan fingerprint density at radius 1 is 1.00 bits per heavy atom. The third-order valence-electron chi connectivity index (χ3n) is 2.06. The topological polar surface area (TPSA) is 74.6 Å². The van der Waals surface area contributed by atoms with E-state index < -0.39 is 12.1 Å². The molecule has 0 spiro atoms. The van der Waals surface area contributed by atoms with Gasteiger partial charge in [-0.3, -0.25) is 0 Å². The Hall–Kier alpha value is -1.28. The average molecular weight is 274 g/mol. The second-order valence-corrected chi connectivity index (χ2v) is 5.75. The standard InChI is InChI=1S/C6H12N4O2.C4H10OSi/c1-9(2)5(11)7-8-6(12)10(3)4;1-2-4-6-5-3-1/h1-4H3;1-4,6H2. The molecule has 18 heavy (non-hydrogen) atoms. The van der Waals surface area contributed by atoms with Crippen molar-refractivity contribution in [1.82, 2.24) is 9.80 Å². The zero-order valence-electron chi connectivity index (χ0n) is 11.5. The fourth-order valence-corrected chi connectivity index (χ4v) is 2.12. The highest BCUT2D eigenvalue weighted by atomic mass is 28.2. The van der Waals surface area contributed by atoms with Crippen molar-refractivity contribution in [3.63, 3.8) is 0 Å². The number of nitrogens with zero attached hydrogens (tertiary/aromatic N) is 4. The van der Waals surface area contributed by atoms with Gasteiger partial charge in [-0.25, -0.2) is 9.59 Å². The Balaban J connectivity index is 0.000000397. The molecule has 0 aliphatic carbocycles. The molecule has 104 valence electrons. The van der Waals surface area contributed by atoms with E-state index in [1.165, 1.54) is 56.9 Å². The SMILES string of the molecule is C1CC[SiH2]OC1.CN(C)C(=O)N=NC(=O)N(C)C. The quantitative estimate of drug-likeness (QED) is 0.490. The summed E-state index contributed by atoms with van der Waals surface area (Å²) in [4.78, 5) is 24.0. The molecular formula is C10H22N4O3Si.